The molecular formula is C20H20N2O2. The molecule has 0 aromatic heterocycles. The second-order valence-electron chi connectivity index (χ2n) is 6.82. The quantitative estimate of drug-likeness (QED) is 0.792. The predicted octanol–water partition coefficient (Wildman–Crippen LogP) is 3.70. The van der Waals surface area contributed by atoms with Crippen LogP contribution in [-0.4, -0.2) is 22.9 Å². The molecule has 2 aromatic carbocycles. The Morgan fingerprint density at radius 1 is 0.958 bits per heavy atom. The zero-order chi connectivity index (χ0) is 16.8. The number of anilines is 1. The predicted molar refractivity (Wildman–Crippen MR) is 92.9 cm³/mol. The number of fused-ring (bicyclic) bond motifs is 2. The summed E-state index contributed by atoms with van der Waals surface area (Å²) in [6.45, 7) is 4.75. The Kier molecular flexibility index (Phi) is 3.41. The van der Waals surface area contributed by atoms with Crippen molar-refractivity contribution in [3.05, 3.63) is 65.2 Å². The van der Waals surface area contributed by atoms with E-state index in [4.69, 9.17) is 0 Å². The SMILES string of the molecule is CC(C)c1ccc(N2C(=O)[C@@H]3Cc4ccccc4CN3C2=O)cc1. The van der Waals surface area contributed by atoms with Crippen molar-refractivity contribution in [1.29, 1.82) is 0 Å². The first kappa shape index (κ1) is 14.9. The van der Waals surface area contributed by atoms with Crippen LogP contribution in [0.1, 0.15) is 36.5 Å². The fourth-order valence-corrected chi connectivity index (χ4v) is 3.56. The van der Waals surface area contributed by atoms with E-state index in [0.717, 1.165) is 11.1 Å². The molecule has 0 bridgehead atoms. The van der Waals surface area contributed by atoms with Gasteiger partial charge in [-0.3, -0.25) is 4.79 Å². The molecule has 0 aliphatic carbocycles. The van der Waals surface area contributed by atoms with Crippen molar-refractivity contribution < 1.29 is 9.59 Å². The Bertz CT molecular complexity index is 768. The highest BCUT2D eigenvalue weighted by Gasteiger charge is 2.47. The number of amides is 3. The van der Waals surface area contributed by atoms with E-state index in [1.54, 1.807) is 4.90 Å². The lowest BCUT2D eigenvalue weighted by molar-refractivity contribution is -0.119. The molecular weight excluding hydrogens is 300 g/mol. The summed E-state index contributed by atoms with van der Waals surface area (Å²) < 4.78 is 0. The Morgan fingerprint density at radius 2 is 1.62 bits per heavy atom. The molecule has 4 rings (SSSR count). The molecule has 0 spiro atoms. The molecule has 3 amide bonds. The summed E-state index contributed by atoms with van der Waals surface area (Å²) in [6, 6.07) is 15.2. The molecule has 2 aliphatic rings. The standard InChI is InChI=1S/C20H20N2O2/c1-13(2)14-7-9-17(10-8-14)22-19(23)18-11-15-5-3-4-6-16(15)12-21(18)20(22)24/h3-10,13,18H,11-12H2,1-2H3/t18-/m0/s1. The van der Waals surface area contributed by atoms with Crippen LogP contribution in [0, 0.1) is 0 Å². The van der Waals surface area contributed by atoms with Crippen LogP contribution < -0.4 is 4.90 Å². The number of benzene rings is 2. The Labute approximate surface area is 141 Å². The smallest absolute Gasteiger partial charge is 0.307 e. The van der Waals surface area contributed by atoms with Gasteiger partial charge in [-0.25, -0.2) is 9.69 Å². The molecule has 1 saturated heterocycles. The highest BCUT2D eigenvalue weighted by molar-refractivity contribution is 6.21. The van der Waals surface area contributed by atoms with Crippen LogP contribution in [0.15, 0.2) is 48.5 Å². The van der Waals surface area contributed by atoms with E-state index in [9.17, 15) is 9.59 Å². The molecule has 1 atom stereocenters. The molecule has 1 fully saturated rings. The van der Waals surface area contributed by atoms with Gasteiger partial charge in [0.1, 0.15) is 6.04 Å². The first-order chi connectivity index (χ1) is 11.6. The van der Waals surface area contributed by atoms with Crippen LogP contribution in [0.5, 0.6) is 0 Å². The molecule has 2 heterocycles. The van der Waals surface area contributed by atoms with Gasteiger partial charge in [0.2, 0.25) is 0 Å². The molecule has 122 valence electrons. The summed E-state index contributed by atoms with van der Waals surface area (Å²) in [6.07, 6.45) is 0.599. The van der Waals surface area contributed by atoms with Crippen LogP contribution in [0.2, 0.25) is 0 Å². The average molecular weight is 320 g/mol. The maximum Gasteiger partial charge on any atom is 0.332 e. The summed E-state index contributed by atoms with van der Waals surface area (Å²) in [4.78, 5) is 28.7. The summed E-state index contributed by atoms with van der Waals surface area (Å²) >= 11 is 0. The Balaban J connectivity index is 1.66. The third-order valence-electron chi connectivity index (χ3n) is 5.01. The molecule has 0 N–H and O–H groups in total. The monoisotopic (exact) mass is 320 g/mol. The highest BCUT2D eigenvalue weighted by atomic mass is 16.2. The summed E-state index contributed by atoms with van der Waals surface area (Å²) in [5.41, 5.74) is 4.15. The van der Waals surface area contributed by atoms with Crippen molar-refractivity contribution in [2.75, 3.05) is 4.90 Å². The second-order valence-corrected chi connectivity index (χ2v) is 6.82. The van der Waals surface area contributed by atoms with Gasteiger partial charge in [-0.1, -0.05) is 50.2 Å². The highest BCUT2D eigenvalue weighted by Crippen LogP contribution is 2.33. The molecule has 2 aliphatic heterocycles. The summed E-state index contributed by atoms with van der Waals surface area (Å²) in [5.74, 6) is 0.302. The molecule has 2 aromatic rings. The zero-order valence-corrected chi connectivity index (χ0v) is 13.9. The number of carbonyl (C=O) groups is 2. The number of hydrogen-bond acceptors (Lipinski definition) is 2. The second kappa shape index (κ2) is 5.48. The van der Waals surface area contributed by atoms with Crippen LogP contribution in [-0.2, 0) is 17.8 Å². The van der Waals surface area contributed by atoms with Gasteiger partial charge in [-0.05, 0) is 34.7 Å². The van der Waals surface area contributed by atoms with Crippen molar-refractivity contribution in [3.63, 3.8) is 0 Å². The van der Waals surface area contributed by atoms with E-state index in [2.05, 4.69) is 13.8 Å². The fourth-order valence-electron chi connectivity index (χ4n) is 3.56. The first-order valence-corrected chi connectivity index (χ1v) is 8.37. The van der Waals surface area contributed by atoms with E-state index >= 15 is 0 Å². The molecule has 0 unspecified atom stereocenters. The topological polar surface area (TPSA) is 40.6 Å². The van der Waals surface area contributed by atoms with Crippen LogP contribution in [0.4, 0.5) is 10.5 Å². The molecule has 24 heavy (non-hydrogen) atoms. The lowest BCUT2D eigenvalue weighted by Crippen LogP contribution is -2.39. The number of hydrogen-bond donors (Lipinski definition) is 0. The molecule has 4 heteroatoms. The van der Waals surface area contributed by atoms with Crippen LogP contribution in [0.3, 0.4) is 0 Å². The van der Waals surface area contributed by atoms with E-state index in [0.29, 0.717) is 24.6 Å². The van der Waals surface area contributed by atoms with Crippen LogP contribution >= 0.6 is 0 Å². The van der Waals surface area contributed by atoms with Crippen molar-refractivity contribution in [2.45, 2.75) is 38.8 Å². The fraction of sp³-hybridized carbons (Fsp3) is 0.300. The van der Waals surface area contributed by atoms with Crippen molar-refractivity contribution in [2.24, 2.45) is 0 Å². The average Bonchev–Trinajstić information content (AvgIpc) is 2.84. The number of carbonyl (C=O) groups excluding carboxylic acids is 2. The number of nitrogens with zero attached hydrogens (tertiary/aromatic N) is 2. The summed E-state index contributed by atoms with van der Waals surface area (Å²) in [5, 5.41) is 0. The molecule has 4 nitrogen and oxygen atoms in total. The van der Waals surface area contributed by atoms with Gasteiger partial charge >= 0.3 is 6.03 Å². The van der Waals surface area contributed by atoms with E-state index in [-0.39, 0.29) is 18.0 Å². The number of imide groups is 1. The van der Waals surface area contributed by atoms with E-state index < -0.39 is 0 Å². The van der Waals surface area contributed by atoms with Gasteiger partial charge in [-0.15, -0.1) is 0 Å². The minimum Gasteiger partial charge on any atom is -0.307 e. The van der Waals surface area contributed by atoms with Gasteiger partial charge < -0.3 is 4.90 Å². The van der Waals surface area contributed by atoms with Gasteiger partial charge in [-0.2, -0.15) is 0 Å². The third-order valence-corrected chi connectivity index (χ3v) is 5.01. The molecule has 0 radical (unpaired) electrons. The Morgan fingerprint density at radius 3 is 2.29 bits per heavy atom. The van der Waals surface area contributed by atoms with Crippen molar-refractivity contribution >= 4 is 17.6 Å². The van der Waals surface area contributed by atoms with Gasteiger partial charge in [0, 0.05) is 13.0 Å². The molecule has 0 saturated carbocycles. The minimum atomic E-state index is -0.378. The minimum absolute atomic E-state index is 0.119. The van der Waals surface area contributed by atoms with Crippen molar-refractivity contribution in [1.82, 2.24) is 4.90 Å². The normalized spacial score (nSPS) is 19.7. The van der Waals surface area contributed by atoms with E-state index in [1.165, 1.54) is 10.5 Å². The van der Waals surface area contributed by atoms with Crippen LogP contribution in [0.25, 0.3) is 0 Å². The lowest BCUT2D eigenvalue weighted by Gasteiger charge is -2.28. The van der Waals surface area contributed by atoms with Gasteiger partial charge in [0.25, 0.3) is 5.91 Å². The van der Waals surface area contributed by atoms with Crippen molar-refractivity contribution in [3.8, 4) is 0 Å². The largest absolute Gasteiger partial charge is 0.332 e. The third kappa shape index (κ3) is 2.21. The first-order valence-electron chi connectivity index (χ1n) is 8.37. The zero-order valence-electron chi connectivity index (χ0n) is 13.9. The van der Waals surface area contributed by atoms with E-state index in [1.807, 2.05) is 48.5 Å². The maximum absolute atomic E-state index is 12.8. The number of rotatable bonds is 2. The summed E-state index contributed by atoms with van der Waals surface area (Å²) in [7, 11) is 0. The maximum atomic E-state index is 12.8. The van der Waals surface area contributed by atoms with Gasteiger partial charge in [0.15, 0.2) is 0 Å². The lowest BCUT2D eigenvalue weighted by atomic mass is 9.95. The number of urea groups is 1. The van der Waals surface area contributed by atoms with Gasteiger partial charge in [0.05, 0.1) is 5.69 Å². The Hall–Kier alpha value is -2.62.